The number of para-hydroxylation sites is 1. The first-order valence-corrected chi connectivity index (χ1v) is 7.49. The maximum Gasteiger partial charge on any atom is 0.165 e. The largest absolute Gasteiger partial charge is 0.461 e. The van der Waals surface area contributed by atoms with Crippen LogP contribution < -0.4 is 0 Å². The van der Waals surface area contributed by atoms with E-state index in [1.54, 1.807) is 0 Å². The molecule has 3 nitrogen and oxygen atoms in total. The molecule has 0 atom stereocenters. The summed E-state index contributed by atoms with van der Waals surface area (Å²) in [6.07, 6.45) is 0.782. The molecule has 3 aromatic rings. The van der Waals surface area contributed by atoms with Crippen LogP contribution in [0.2, 0.25) is 5.15 Å². The lowest BCUT2D eigenvalue weighted by molar-refractivity contribution is 0.579. The molecule has 0 amide bonds. The summed E-state index contributed by atoms with van der Waals surface area (Å²) in [5.41, 5.74) is 2.63. The lowest BCUT2D eigenvalue weighted by Crippen LogP contribution is -1.97. The molecule has 2 aromatic heterocycles. The molecule has 0 bridgehead atoms. The van der Waals surface area contributed by atoms with Crippen LogP contribution in [0.15, 0.2) is 33.2 Å². The highest BCUT2D eigenvalue weighted by Gasteiger charge is 2.18. The lowest BCUT2D eigenvalue weighted by atomic mass is 10.1. The van der Waals surface area contributed by atoms with E-state index in [4.69, 9.17) is 16.0 Å². The Bertz CT molecular complexity index is 798. The number of rotatable bonds is 2. The highest BCUT2D eigenvalue weighted by molar-refractivity contribution is 9.10. The van der Waals surface area contributed by atoms with Crippen LogP contribution in [0.3, 0.4) is 0 Å². The van der Waals surface area contributed by atoms with Gasteiger partial charge < -0.3 is 4.42 Å². The molecule has 0 fully saturated rings. The number of nitrogens with zero attached hydrogens (tertiary/aromatic N) is 2. The van der Waals surface area contributed by atoms with Crippen molar-refractivity contribution in [3.63, 3.8) is 0 Å². The van der Waals surface area contributed by atoms with Gasteiger partial charge in [-0.1, -0.05) is 36.7 Å². The Balaban J connectivity index is 2.31. The Hall–Kier alpha value is -1.39. The zero-order valence-corrected chi connectivity index (χ0v) is 13.4. The molecule has 3 rings (SSSR count). The van der Waals surface area contributed by atoms with Crippen molar-refractivity contribution in [2.75, 3.05) is 0 Å². The third-order valence-electron chi connectivity index (χ3n) is 3.21. The van der Waals surface area contributed by atoms with E-state index >= 15 is 0 Å². The first-order chi connectivity index (χ1) is 9.61. The molecular formula is C15H12BrClN2O. The molecule has 0 spiro atoms. The average molecular weight is 352 g/mol. The summed E-state index contributed by atoms with van der Waals surface area (Å²) in [4.78, 5) is 8.98. The van der Waals surface area contributed by atoms with Gasteiger partial charge in [-0.3, -0.25) is 0 Å². The second-order valence-corrected chi connectivity index (χ2v) is 5.63. The fourth-order valence-corrected chi connectivity index (χ4v) is 2.90. The zero-order valence-electron chi connectivity index (χ0n) is 11.1. The summed E-state index contributed by atoms with van der Waals surface area (Å²) in [6, 6.07) is 7.86. The molecule has 0 saturated carbocycles. The number of hydrogen-bond acceptors (Lipinski definition) is 3. The number of fused-ring (bicyclic) bond motifs is 1. The Labute approximate surface area is 130 Å². The number of furan rings is 1. The minimum atomic E-state index is 0.427. The van der Waals surface area contributed by atoms with Crippen LogP contribution in [0.5, 0.6) is 0 Å². The van der Waals surface area contributed by atoms with Crippen LogP contribution >= 0.6 is 27.5 Å². The first-order valence-electron chi connectivity index (χ1n) is 6.32. The fourth-order valence-electron chi connectivity index (χ4n) is 2.25. The van der Waals surface area contributed by atoms with Crippen molar-refractivity contribution < 1.29 is 4.42 Å². The summed E-state index contributed by atoms with van der Waals surface area (Å²) in [5, 5.41) is 1.43. The van der Waals surface area contributed by atoms with Crippen molar-refractivity contribution in [3.05, 3.63) is 45.3 Å². The average Bonchev–Trinajstić information content (AvgIpc) is 2.77. The molecule has 0 aliphatic heterocycles. The Morgan fingerprint density at radius 1 is 1.25 bits per heavy atom. The molecule has 0 aliphatic rings. The van der Waals surface area contributed by atoms with Crippen LogP contribution in [-0.2, 0) is 6.42 Å². The van der Waals surface area contributed by atoms with Gasteiger partial charge in [0.25, 0.3) is 0 Å². The summed E-state index contributed by atoms with van der Waals surface area (Å²) in [6.45, 7) is 3.95. The molecule has 0 radical (unpaired) electrons. The predicted octanol–water partition coefficient (Wildman–Crippen LogP) is 5.18. The number of benzene rings is 1. The maximum atomic E-state index is 6.19. The fraction of sp³-hybridized carbons (Fsp3) is 0.200. The summed E-state index contributed by atoms with van der Waals surface area (Å²) < 4.78 is 6.52. The van der Waals surface area contributed by atoms with Crippen molar-refractivity contribution in [1.82, 2.24) is 9.97 Å². The van der Waals surface area contributed by atoms with Crippen LogP contribution in [0.25, 0.3) is 22.4 Å². The van der Waals surface area contributed by atoms with Gasteiger partial charge in [0, 0.05) is 5.39 Å². The third-order valence-corrected chi connectivity index (χ3v) is 4.54. The molecular weight excluding hydrogens is 340 g/mol. The minimum absolute atomic E-state index is 0.427. The number of hydrogen-bond donors (Lipinski definition) is 0. The van der Waals surface area contributed by atoms with Crippen LogP contribution in [0.4, 0.5) is 0 Å². The Morgan fingerprint density at radius 2 is 2.00 bits per heavy atom. The molecule has 0 aliphatic carbocycles. The molecule has 5 heteroatoms. The SMILES string of the molecule is CCc1nc(-c2c(C)oc3ccccc23)nc(Cl)c1Br. The molecule has 2 heterocycles. The Kier molecular flexibility index (Phi) is 3.52. The predicted molar refractivity (Wildman–Crippen MR) is 84.1 cm³/mol. The highest BCUT2D eigenvalue weighted by atomic mass is 79.9. The zero-order chi connectivity index (χ0) is 14.3. The van der Waals surface area contributed by atoms with Crippen molar-refractivity contribution in [1.29, 1.82) is 0 Å². The van der Waals surface area contributed by atoms with Gasteiger partial charge in [0.2, 0.25) is 0 Å². The molecule has 20 heavy (non-hydrogen) atoms. The highest BCUT2D eigenvalue weighted by Crippen LogP contribution is 2.34. The monoisotopic (exact) mass is 350 g/mol. The van der Waals surface area contributed by atoms with Gasteiger partial charge in [0.15, 0.2) is 5.82 Å². The van der Waals surface area contributed by atoms with Crippen molar-refractivity contribution >= 4 is 38.5 Å². The summed E-state index contributed by atoms with van der Waals surface area (Å²) in [5.74, 6) is 1.41. The van der Waals surface area contributed by atoms with E-state index in [0.29, 0.717) is 11.0 Å². The first kappa shape index (κ1) is 13.6. The van der Waals surface area contributed by atoms with E-state index in [2.05, 4.69) is 25.9 Å². The van der Waals surface area contributed by atoms with Crippen molar-refractivity contribution in [2.45, 2.75) is 20.3 Å². The molecule has 0 N–H and O–H groups in total. The van der Waals surface area contributed by atoms with E-state index in [-0.39, 0.29) is 0 Å². The Morgan fingerprint density at radius 3 is 2.75 bits per heavy atom. The van der Waals surface area contributed by atoms with Gasteiger partial charge in [-0.05, 0) is 35.3 Å². The van der Waals surface area contributed by atoms with Crippen LogP contribution in [0.1, 0.15) is 18.4 Å². The van der Waals surface area contributed by atoms with Crippen molar-refractivity contribution in [2.24, 2.45) is 0 Å². The lowest BCUT2D eigenvalue weighted by Gasteiger charge is -2.06. The van der Waals surface area contributed by atoms with E-state index in [0.717, 1.165) is 38.9 Å². The minimum Gasteiger partial charge on any atom is -0.461 e. The van der Waals surface area contributed by atoms with Gasteiger partial charge in [-0.15, -0.1) is 0 Å². The molecule has 1 aromatic carbocycles. The van der Waals surface area contributed by atoms with E-state index in [9.17, 15) is 0 Å². The van der Waals surface area contributed by atoms with Crippen LogP contribution in [0, 0.1) is 6.92 Å². The standard InChI is InChI=1S/C15H12BrClN2O/c1-3-10-13(16)14(17)19-15(18-10)12-8(2)20-11-7-5-4-6-9(11)12/h4-7H,3H2,1-2H3. The number of aromatic nitrogens is 2. The second kappa shape index (κ2) is 5.19. The normalized spacial score (nSPS) is 11.2. The quantitative estimate of drug-likeness (QED) is 0.597. The van der Waals surface area contributed by atoms with E-state index in [1.807, 2.05) is 38.1 Å². The van der Waals surface area contributed by atoms with Gasteiger partial charge >= 0.3 is 0 Å². The van der Waals surface area contributed by atoms with Gasteiger partial charge in [-0.2, -0.15) is 0 Å². The summed E-state index contributed by atoms with van der Waals surface area (Å²) >= 11 is 9.62. The number of halogens is 2. The van der Waals surface area contributed by atoms with Crippen molar-refractivity contribution in [3.8, 4) is 11.4 Å². The van der Waals surface area contributed by atoms with Gasteiger partial charge in [0.05, 0.1) is 15.7 Å². The number of aryl methyl sites for hydroxylation is 2. The second-order valence-electron chi connectivity index (χ2n) is 4.48. The molecule has 0 saturated heterocycles. The third kappa shape index (κ3) is 2.13. The van der Waals surface area contributed by atoms with E-state index in [1.165, 1.54) is 0 Å². The molecule has 102 valence electrons. The van der Waals surface area contributed by atoms with E-state index < -0.39 is 0 Å². The van der Waals surface area contributed by atoms with Gasteiger partial charge in [0.1, 0.15) is 16.5 Å². The molecule has 0 unspecified atom stereocenters. The smallest absolute Gasteiger partial charge is 0.165 e. The topological polar surface area (TPSA) is 38.9 Å². The maximum absolute atomic E-state index is 6.19. The van der Waals surface area contributed by atoms with Crippen LogP contribution in [-0.4, -0.2) is 9.97 Å². The summed E-state index contributed by atoms with van der Waals surface area (Å²) in [7, 11) is 0. The van der Waals surface area contributed by atoms with Gasteiger partial charge in [-0.25, -0.2) is 9.97 Å².